The van der Waals surface area contributed by atoms with E-state index in [9.17, 15) is 43.6 Å². The maximum Gasteiger partial charge on any atom is 0.232 e. The Labute approximate surface area is 421 Å². The van der Waals surface area contributed by atoms with Crippen LogP contribution in [-0.2, 0) is 30.1 Å². The van der Waals surface area contributed by atoms with E-state index in [1.807, 2.05) is 4.72 Å². The third-order valence-corrected chi connectivity index (χ3v) is 14.6. The number of aromatic nitrogens is 4. The number of rotatable bonds is 18. The first-order valence-corrected chi connectivity index (χ1v) is 27.2. The molecule has 384 valence electrons. The molecule has 0 aliphatic carbocycles. The first-order chi connectivity index (χ1) is 35.0. The van der Waals surface area contributed by atoms with Crippen LogP contribution in [0.2, 0.25) is 0 Å². The number of sulfonamides is 3. The molecule has 0 atom stereocenters. The van der Waals surface area contributed by atoms with Crippen molar-refractivity contribution >= 4 is 98.9 Å². The summed E-state index contributed by atoms with van der Waals surface area (Å²) in [4.78, 5) is 40.7. The molecule has 0 radical (unpaired) electrons. The summed E-state index contributed by atoms with van der Waals surface area (Å²) in [6, 6.07) is 16.3. The van der Waals surface area contributed by atoms with Crippen LogP contribution in [0.25, 0.3) is 44.3 Å². The van der Waals surface area contributed by atoms with Crippen molar-refractivity contribution in [1.29, 1.82) is 10.8 Å². The number of nitrogen functional groups attached to an aromatic ring is 1. The summed E-state index contributed by atoms with van der Waals surface area (Å²) in [6.45, 7) is 3.27. The summed E-state index contributed by atoms with van der Waals surface area (Å²) in [5.74, 6) is -7.48. The minimum Gasteiger partial charge on any atom is -0.398 e. The van der Waals surface area contributed by atoms with Crippen LogP contribution in [0.3, 0.4) is 0 Å². The van der Waals surface area contributed by atoms with Crippen molar-refractivity contribution in [3.8, 4) is 22.3 Å². The standard InChI is InChI=1S/C25H23F2N5O5S2.C24H21F2N5O3S/c1-3-8-39(36,37)32-21-7-5-19(26)22(23(21)27)24(33)18-13-30-25-17(18)10-16(12-29-25)14-4-6-20(15(9-14)11-28)31-38(2,34)35;1-2-7-35(33,34)31-20-6-4-18(25)21(22(20)26)23(32)17-12-30-24-16(17)9-15(11-29-24)13-3-5-19(28)14(8-13)10-27/h4-7,9-13,28,31-32H,3,8H2,1-2H3,(H,29,30);3-6,8-12,27,31H,2,7,28H2,1H3,(H,29,30). The molecule has 9 N–H and O–H groups in total. The lowest BCUT2D eigenvalue weighted by molar-refractivity contribution is 0.102. The maximum absolute atomic E-state index is 15.2. The monoisotopic (exact) mass is 1070 g/mol. The van der Waals surface area contributed by atoms with Gasteiger partial charge in [-0.25, -0.2) is 52.8 Å². The van der Waals surface area contributed by atoms with Gasteiger partial charge >= 0.3 is 0 Å². The van der Waals surface area contributed by atoms with Crippen LogP contribution in [0.5, 0.6) is 0 Å². The number of ketones is 2. The molecular formula is C49H44F4N10O8S3. The van der Waals surface area contributed by atoms with Crippen LogP contribution in [0.1, 0.15) is 69.7 Å². The number of nitrogens with one attached hydrogen (secondary N) is 7. The molecule has 0 aliphatic rings. The summed E-state index contributed by atoms with van der Waals surface area (Å²) < 4.78 is 138. The van der Waals surface area contributed by atoms with Gasteiger partial charge in [0.25, 0.3) is 0 Å². The number of carbonyl (C=O) groups is 2. The van der Waals surface area contributed by atoms with Crippen LogP contribution in [-0.4, -0.2) is 86.9 Å². The molecule has 0 unspecified atom stereocenters. The number of aromatic amines is 2. The Balaban J connectivity index is 0.000000217. The number of carbonyl (C=O) groups excluding carboxylic acids is 2. The van der Waals surface area contributed by atoms with Gasteiger partial charge in [-0.15, -0.1) is 0 Å². The second kappa shape index (κ2) is 21.4. The Morgan fingerprint density at radius 3 is 1.43 bits per heavy atom. The predicted molar refractivity (Wildman–Crippen MR) is 277 cm³/mol. The summed E-state index contributed by atoms with van der Waals surface area (Å²) >= 11 is 0. The Kier molecular flexibility index (Phi) is 15.5. The lowest BCUT2D eigenvalue weighted by Gasteiger charge is -2.12. The molecule has 0 saturated carbocycles. The van der Waals surface area contributed by atoms with Crippen LogP contribution in [0, 0.1) is 34.1 Å². The Morgan fingerprint density at radius 2 is 1.01 bits per heavy atom. The van der Waals surface area contributed by atoms with Gasteiger partial charge in [0, 0.05) is 87.1 Å². The molecule has 8 rings (SSSR count). The lowest BCUT2D eigenvalue weighted by atomic mass is 9.99. The fourth-order valence-electron chi connectivity index (χ4n) is 7.65. The van der Waals surface area contributed by atoms with Gasteiger partial charge in [0.05, 0.1) is 46.0 Å². The summed E-state index contributed by atoms with van der Waals surface area (Å²) in [7, 11) is -11.3. The van der Waals surface area contributed by atoms with Crippen molar-refractivity contribution in [2.75, 3.05) is 37.7 Å². The molecule has 4 heterocycles. The van der Waals surface area contributed by atoms with Gasteiger partial charge in [-0.1, -0.05) is 26.0 Å². The first-order valence-electron chi connectivity index (χ1n) is 22.0. The molecule has 74 heavy (non-hydrogen) atoms. The minimum atomic E-state index is -3.90. The van der Waals surface area contributed by atoms with E-state index in [1.54, 1.807) is 62.5 Å². The van der Waals surface area contributed by atoms with Gasteiger partial charge < -0.3 is 26.5 Å². The normalized spacial score (nSPS) is 11.7. The second-order valence-corrected chi connectivity index (χ2v) is 22.0. The van der Waals surface area contributed by atoms with Crippen LogP contribution < -0.4 is 19.9 Å². The molecule has 0 amide bonds. The number of H-pyrrole nitrogens is 2. The van der Waals surface area contributed by atoms with Crippen molar-refractivity contribution in [1.82, 2.24) is 19.9 Å². The third kappa shape index (κ3) is 11.6. The molecule has 8 aromatic rings. The van der Waals surface area contributed by atoms with E-state index in [1.165, 1.54) is 24.7 Å². The fourth-order valence-corrected chi connectivity index (χ4v) is 10.5. The topological polar surface area (TPSA) is 304 Å². The molecule has 0 fully saturated rings. The number of nitrogens with two attached hydrogens (primary N) is 1. The lowest BCUT2D eigenvalue weighted by Crippen LogP contribution is -2.18. The average Bonchev–Trinajstić information content (AvgIpc) is 3.97. The van der Waals surface area contributed by atoms with Crippen LogP contribution in [0.4, 0.5) is 40.3 Å². The molecule has 0 saturated heterocycles. The van der Waals surface area contributed by atoms with Crippen LogP contribution >= 0.6 is 0 Å². The second-order valence-electron chi connectivity index (χ2n) is 16.5. The fraction of sp³-hybridized carbons (Fsp3) is 0.143. The van der Waals surface area contributed by atoms with E-state index in [-0.39, 0.29) is 51.3 Å². The van der Waals surface area contributed by atoms with Crippen LogP contribution in [0.15, 0.2) is 97.6 Å². The maximum atomic E-state index is 15.2. The van der Waals surface area contributed by atoms with Crippen molar-refractivity contribution in [2.24, 2.45) is 0 Å². The number of halogens is 4. The number of pyridine rings is 2. The van der Waals surface area contributed by atoms with Gasteiger partial charge in [-0.2, -0.15) is 0 Å². The van der Waals surface area contributed by atoms with E-state index in [0.717, 1.165) is 43.0 Å². The van der Waals surface area contributed by atoms with E-state index in [2.05, 4.69) is 29.4 Å². The molecule has 18 nitrogen and oxygen atoms in total. The zero-order valence-corrected chi connectivity index (χ0v) is 41.6. The number of hydrogen-bond acceptors (Lipinski definition) is 13. The molecule has 0 spiro atoms. The highest BCUT2D eigenvalue weighted by Gasteiger charge is 2.28. The zero-order valence-electron chi connectivity index (χ0n) is 39.2. The quantitative estimate of drug-likeness (QED) is 0.0174. The molecular weight excluding hydrogens is 1030 g/mol. The van der Waals surface area contributed by atoms with E-state index < -0.39 is 87.4 Å². The van der Waals surface area contributed by atoms with Gasteiger partial charge in [0.2, 0.25) is 41.6 Å². The van der Waals surface area contributed by atoms with Gasteiger partial charge in [-0.05, 0) is 84.6 Å². The smallest absolute Gasteiger partial charge is 0.232 e. The Bertz CT molecular complexity index is 3920. The van der Waals surface area contributed by atoms with E-state index in [0.29, 0.717) is 51.0 Å². The number of hydrogen-bond donors (Lipinski definition) is 8. The van der Waals surface area contributed by atoms with Gasteiger partial charge in [0.15, 0.2) is 11.6 Å². The number of benzene rings is 4. The van der Waals surface area contributed by atoms with E-state index in [4.69, 9.17) is 16.6 Å². The molecule has 4 aromatic carbocycles. The Hall–Kier alpha value is -8.29. The first kappa shape index (κ1) is 53.5. The molecule has 25 heteroatoms. The van der Waals surface area contributed by atoms with Crippen molar-refractivity contribution in [2.45, 2.75) is 26.7 Å². The highest BCUT2D eigenvalue weighted by atomic mass is 32.2. The third-order valence-electron chi connectivity index (χ3n) is 11.1. The summed E-state index contributed by atoms with van der Waals surface area (Å²) in [5.41, 5.74) is 7.09. The largest absolute Gasteiger partial charge is 0.398 e. The highest BCUT2D eigenvalue weighted by molar-refractivity contribution is 7.93. The van der Waals surface area contributed by atoms with Gasteiger partial charge in [0.1, 0.15) is 22.9 Å². The minimum absolute atomic E-state index is 0.0385. The predicted octanol–water partition coefficient (Wildman–Crippen LogP) is 8.73. The summed E-state index contributed by atoms with van der Waals surface area (Å²) in [5, 5.41) is 15.7. The number of fused-ring (bicyclic) bond motifs is 2. The Morgan fingerprint density at radius 1 is 0.595 bits per heavy atom. The van der Waals surface area contributed by atoms with Crippen molar-refractivity contribution < 1.29 is 52.4 Å². The van der Waals surface area contributed by atoms with Gasteiger partial charge in [-0.3, -0.25) is 23.8 Å². The molecule has 0 aliphatic heterocycles. The highest BCUT2D eigenvalue weighted by Crippen LogP contribution is 2.33. The van der Waals surface area contributed by atoms with E-state index >= 15 is 8.78 Å². The summed E-state index contributed by atoms with van der Waals surface area (Å²) in [6.07, 6.45) is 9.21. The number of nitrogens with zero attached hydrogens (tertiary/aromatic N) is 2. The molecule has 0 bridgehead atoms. The van der Waals surface area contributed by atoms with Crippen molar-refractivity contribution in [3.05, 3.63) is 154 Å². The molecule has 4 aromatic heterocycles. The zero-order chi connectivity index (χ0) is 53.9. The van der Waals surface area contributed by atoms with Crippen molar-refractivity contribution in [3.63, 3.8) is 0 Å². The average molecular weight is 1070 g/mol. The SMILES string of the molecule is CCCS(=O)(=O)Nc1ccc(F)c(C(=O)c2c[nH]c3ncc(-c4ccc(N)c(C=N)c4)cc23)c1F.CCCS(=O)(=O)Nc1ccc(F)c(C(=O)c2c[nH]c3ncc(-c4ccc(NS(C)(=O)=O)c(C=N)c4)cc23)c1F. The number of anilines is 4.